The molecule has 1 N–H and O–H groups in total. The lowest BCUT2D eigenvalue weighted by Gasteiger charge is -2.10. The zero-order valence-corrected chi connectivity index (χ0v) is 14.3. The summed E-state index contributed by atoms with van der Waals surface area (Å²) in [7, 11) is 2.47. The Kier molecular flexibility index (Phi) is 5.89. The lowest BCUT2D eigenvalue weighted by atomic mass is 10.1. The van der Waals surface area contributed by atoms with Gasteiger partial charge in [-0.25, -0.2) is 9.59 Å². The Labute approximate surface area is 145 Å². The van der Waals surface area contributed by atoms with E-state index in [0.717, 1.165) is 12.0 Å². The first-order valence-electron chi connectivity index (χ1n) is 7.70. The van der Waals surface area contributed by atoms with E-state index in [2.05, 4.69) is 14.8 Å². The maximum atomic E-state index is 12.4. The number of anilines is 1. The van der Waals surface area contributed by atoms with Crippen LogP contribution in [0.1, 0.15) is 43.6 Å². The highest BCUT2D eigenvalue weighted by Crippen LogP contribution is 2.18. The summed E-state index contributed by atoms with van der Waals surface area (Å²) in [5.74, 6) is -1.58. The summed E-state index contributed by atoms with van der Waals surface area (Å²) in [6.07, 6.45) is 0.881. The van der Waals surface area contributed by atoms with E-state index < -0.39 is 11.9 Å². The van der Waals surface area contributed by atoms with Crippen LogP contribution in [0, 0.1) is 0 Å². The van der Waals surface area contributed by atoms with E-state index in [1.165, 1.54) is 32.4 Å². The van der Waals surface area contributed by atoms with Gasteiger partial charge in [0.15, 0.2) is 0 Å². The molecule has 0 atom stereocenters. The molecule has 0 saturated carbocycles. The third kappa shape index (κ3) is 4.44. The van der Waals surface area contributed by atoms with Crippen molar-refractivity contribution >= 4 is 23.5 Å². The number of amides is 1. The van der Waals surface area contributed by atoms with Gasteiger partial charge in [0.1, 0.15) is 0 Å². The molecule has 2 rings (SSSR count). The van der Waals surface area contributed by atoms with Crippen molar-refractivity contribution in [2.24, 2.45) is 0 Å². The molecule has 0 aliphatic heterocycles. The molecule has 6 nitrogen and oxygen atoms in total. The van der Waals surface area contributed by atoms with Crippen LogP contribution in [0.15, 0.2) is 42.5 Å². The number of ether oxygens (including phenoxy) is 2. The van der Waals surface area contributed by atoms with E-state index in [1.54, 1.807) is 12.1 Å². The summed E-state index contributed by atoms with van der Waals surface area (Å²) in [6.45, 7) is 2.03. The Hall–Kier alpha value is -3.15. The number of rotatable bonds is 5. The van der Waals surface area contributed by atoms with Gasteiger partial charge in [-0.2, -0.15) is 0 Å². The molecule has 0 radical (unpaired) electrons. The standard InChI is InChI=1S/C19H19NO5/c1-4-12-5-7-13(8-6-12)17(21)20-16-10-14(18(22)24-2)9-15(11-16)19(23)25-3/h5-11H,4H2,1-3H3,(H,20,21). The average molecular weight is 341 g/mol. The van der Waals surface area contributed by atoms with Crippen LogP contribution < -0.4 is 5.32 Å². The second kappa shape index (κ2) is 8.10. The van der Waals surface area contributed by atoms with E-state index in [-0.39, 0.29) is 17.0 Å². The summed E-state index contributed by atoms with van der Waals surface area (Å²) < 4.78 is 9.34. The Balaban J connectivity index is 2.31. The van der Waals surface area contributed by atoms with E-state index in [0.29, 0.717) is 11.3 Å². The number of methoxy groups -OCH3 is 2. The third-order valence-corrected chi connectivity index (χ3v) is 3.66. The van der Waals surface area contributed by atoms with Crippen LogP contribution in [0.2, 0.25) is 0 Å². The van der Waals surface area contributed by atoms with Gasteiger partial charge >= 0.3 is 11.9 Å². The molecule has 2 aromatic carbocycles. The van der Waals surface area contributed by atoms with Crippen LogP contribution in [-0.2, 0) is 15.9 Å². The normalized spacial score (nSPS) is 10.0. The number of carbonyl (C=O) groups excluding carboxylic acids is 3. The molecule has 6 heteroatoms. The van der Waals surface area contributed by atoms with Crippen molar-refractivity contribution in [3.05, 3.63) is 64.7 Å². The molecule has 0 unspecified atom stereocenters. The Morgan fingerprint density at radius 2 is 1.36 bits per heavy atom. The van der Waals surface area contributed by atoms with Gasteiger partial charge in [0, 0.05) is 11.3 Å². The fourth-order valence-corrected chi connectivity index (χ4v) is 2.27. The van der Waals surface area contributed by atoms with E-state index in [1.807, 2.05) is 19.1 Å². The lowest BCUT2D eigenvalue weighted by Crippen LogP contribution is -2.14. The van der Waals surface area contributed by atoms with Crippen molar-refractivity contribution < 1.29 is 23.9 Å². The van der Waals surface area contributed by atoms with Crippen LogP contribution in [-0.4, -0.2) is 32.1 Å². The minimum absolute atomic E-state index is 0.141. The molecule has 0 aliphatic rings. The van der Waals surface area contributed by atoms with Crippen molar-refractivity contribution in [2.75, 3.05) is 19.5 Å². The fourth-order valence-electron chi connectivity index (χ4n) is 2.27. The first-order chi connectivity index (χ1) is 12.0. The molecule has 0 bridgehead atoms. The fraction of sp³-hybridized carbons (Fsp3) is 0.211. The minimum Gasteiger partial charge on any atom is -0.465 e. The lowest BCUT2D eigenvalue weighted by molar-refractivity contribution is 0.0599. The number of hydrogen-bond donors (Lipinski definition) is 1. The van der Waals surface area contributed by atoms with Crippen LogP contribution in [0.5, 0.6) is 0 Å². The average Bonchev–Trinajstić information content (AvgIpc) is 2.66. The first kappa shape index (κ1) is 18.2. The van der Waals surface area contributed by atoms with Gasteiger partial charge in [-0.3, -0.25) is 4.79 Å². The maximum Gasteiger partial charge on any atom is 0.337 e. The van der Waals surface area contributed by atoms with Gasteiger partial charge in [0.2, 0.25) is 0 Å². The number of nitrogens with one attached hydrogen (secondary N) is 1. The van der Waals surface area contributed by atoms with Crippen molar-refractivity contribution in [2.45, 2.75) is 13.3 Å². The van der Waals surface area contributed by atoms with Crippen LogP contribution >= 0.6 is 0 Å². The summed E-state index contributed by atoms with van der Waals surface area (Å²) >= 11 is 0. The molecule has 0 spiro atoms. The molecular weight excluding hydrogens is 322 g/mol. The molecule has 0 aromatic heterocycles. The monoisotopic (exact) mass is 341 g/mol. The zero-order chi connectivity index (χ0) is 18.4. The molecule has 0 aliphatic carbocycles. The van der Waals surface area contributed by atoms with Gasteiger partial charge in [0.05, 0.1) is 25.3 Å². The first-order valence-corrected chi connectivity index (χ1v) is 7.70. The predicted molar refractivity (Wildman–Crippen MR) is 92.9 cm³/mol. The number of carbonyl (C=O) groups is 3. The van der Waals surface area contributed by atoms with E-state index >= 15 is 0 Å². The van der Waals surface area contributed by atoms with Crippen molar-refractivity contribution in [1.82, 2.24) is 0 Å². The number of esters is 2. The van der Waals surface area contributed by atoms with Crippen LogP contribution in [0.25, 0.3) is 0 Å². The highest BCUT2D eigenvalue weighted by Gasteiger charge is 2.15. The Morgan fingerprint density at radius 3 is 1.80 bits per heavy atom. The van der Waals surface area contributed by atoms with E-state index in [9.17, 15) is 14.4 Å². The smallest absolute Gasteiger partial charge is 0.337 e. The highest BCUT2D eigenvalue weighted by atomic mass is 16.5. The molecule has 0 saturated heterocycles. The quantitative estimate of drug-likeness (QED) is 0.845. The van der Waals surface area contributed by atoms with Crippen LogP contribution in [0.4, 0.5) is 5.69 Å². The second-order valence-electron chi connectivity index (χ2n) is 5.29. The third-order valence-electron chi connectivity index (χ3n) is 3.66. The molecule has 1 amide bonds. The number of benzene rings is 2. The van der Waals surface area contributed by atoms with Gasteiger partial charge in [-0.15, -0.1) is 0 Å². The van der Waals surface area contributed by atoms with Crippen LogP contribution in [0.3, 0.4) is 0 Å². The Morgan fingerprint density at radius 1 is 0.840 bits per heavy atom. The van der Waals surface area contributed by atoms with Gasteiger partial charge in [0.25, 0.3) is 5.91 Å². The molecule has 0 heterocycles. The van der Waals surface area contributed by atoms with Crippen molar-refractivity contribution in [3.63, 3.8) is 0 Å². The van der Waals surface area contributed by atoms with Crippen molar-refractivity contribution in [3.8, 4) is 0 Å². The van der Waals surface area contributed by atoms with Crippen molar-refractivity contribution in [1.29, 1.82) is 0 Å². The maximum absolute atomic E-state index is 12.4. The zero-order valence-electron chi connectivity index (χ0n) is 14.3. The summed E-state index contributed by atoms with van der Waals surface area (Å²) in [5.41, 5.74) is 2.18. The molecule has 2 aromatic rings. The number of hydrogen-bond acceptors (Lipinski definition) is 5. The minimum atomic E-state index is -0.617. The summed E-state index contributed by atoms with van der Waals surface area (Å²) in [5, 5.41) is 2.68. The summed E-state index contributed by atoms with van der Waals surface area (Å²) in [6, 6.07) is 11.4. The van der Waals surface area contributed by atoms with E-state index in [4.69, 9.17) is 0 Å². The van der Waals surface area contributed by atoms with Gasteiger partial charge in [-0.05, 0) is 42.3 Å². The molecule has 0 fully saturated rings. The predicted octanol–water partition coefficient (Wildman–Crippen LogP) is 3.07. The largest absolute Gasteiger partial charge is 0.465 e. The molecule has 25 heavy (non-hydrogen) atoms. The highest BCUT2D eigenvalue weighted by molar-refractivity contribution is 6.06. The Bertz CT molecular complexity index is 762. The SMILES string of the molecule is CCc1ccc(C(=O)Nc2cc(C(=O)OC)cc(C(=O)OC)c2)cc1. The van der Waals surface area contributed by atoms with Gasteiger partial charge in [-0.1, -0.05) is 19.1 Å². The molecule has 130 valence electrons. The summed E-state index contributed by atoms with van der Waals surface area (Å²) in [4.78, 5) is 35.9. The topological polar surface area (TPSA) is 81.7 Å². The van der Waals surface area contributed by atoms with Gasteiger partial charge < -0.3 is 14.8 Å². The second-order valence-corrected chi connectivity index (χ2v) is 5.29. The number of aryl methyl sites for hydroxylation is 1. The molecular formula is C19H19NO5.